The van der Waals surface area contributed by atoms with Crippen molar-refractivity contribution >= 4 is 10.9 Å². The highest BCUT2D eigenvalue weighted by Gasteiger charge is 2.30. The quantitative estimate of drug-likeness (QED) is 0.718. The number of aromatic nitrogens is 4. The van der Waals surface area contributed by atoms with Crippen molar-refractivity contribution in [3.63, 3.8) is 0 Å². The van der Waals surface area contributed by atoms with E-state index in [-0.39, 0.29) is 16.6 Å². The number of hydrogen-bond acceptors (Lipinski definition) is 3. The van der Waals surface area contributed by atoms with Crippen LogP contribution in [0.1, 0.15) is 5.56 Å². The van der Waals surface area contributed by atoms with Gasteiger partial charge in [-0.1, -0.05) is 0 Å². The molecule has 0 atom stereocenters. The molecule has 0 aliphatic carbocycles. The van der Waals surface area contributed by atoms with Gasteiger partial charge in [0.25, 0.3) is 0 Å². The summed E-state index contributed by atoms with van der Waals surface area (Å²) in [6.45, 7) is 0. The number of benzene rings is 1. The highest BCUT2D eigenvalue weighted by Crippen LogP contribution is 2.32. The molecule has 0 unspecified atom stereocenters. The van der Waals surface area contributed by atoms with E-state index in [4.69, 9.17) is 0 Å². The van der Waals surface area contributed by atoms with Crippen molar-refractivity contribution in [2.75, 3.05) is 0 Å². The van der Waals surface area contributed by atoms with Gasteiger partial charge in [-0.25, -0.2) is 4.79 Å². The molecule has 0 saturated heterocycles. The molecule has 0 fully saturated rings. The molecular weight excluding hydrogens is 273 g/mol. The second-order valence-corrected chi connectivity index (χ2v) is 4.12. The van der Waals surface area contributed by atoms with Gasteiger partial charge in [0.2, 0.25) is 0 Å². The first-order valence-electron chi connectivity index (χ1n) is 5.56. The fraction of sp³-hybridized carbons (Fsp3) is 0.0833. The SMILES string of the molecule is O=c1nc(-c2ccn[nH]2)c2cc(C(F)(F)F)ccc2[nH]1. The average Bonchev–Trinajstić information content (AvgIpc) is 2.89. The summed E-state index contributed by atoms with van der Waals surface area (Å²) < 4.78 is 38.3. The molecule has 20 heavy (non-hydrogen) atoms. The lowest BCUT2D eigenvalue weighted by Gasteiger charge is -2.09. The van der Waals surface area contributed by atoms with Gasteiger partial charge in [0.05, 0.1) is 16.8 Å². The van der Waals surface area contributed by atoms with Gasteiger partial charge in [0.15, 0.2) is 0 Å². The minimum absolute atomic E-state index is 0.132. The average molecular weight is 280 g/mol. The van der Waals surface area contributed by atoms with E-state index in [1.807, 2.05) is 0 Å². The van der Waals surface area contributed by atoms with Gasteiger partial charge >= 0.3 is 11.9 Å². The topological polar surface area (TPSA) is 74.4 Å². The monoisotopic (exact) mass is 280 g/mol. The van der Waals surface area contributed by atoms with Gasteiger partial charge in [-0.3, -0.25) is 5.10 Å². The molecule has 0 radical (unpaired) electrons. The number of aromatic amines is 2. The minimum Gasteiger partial charge on any atom is -0.305 e. The number of fused-ring (bicyclic) bond motifs is 1. The Balaban J connectivity index is 2.35. The van der Waals surface area contributed by atoms with Gasteiger partial charge in [-0.15, -0.1) is 0 Å². The highest BCUT2D eigenvalue weighted by atomic mass is 19.4. The Morgan fingerprint density at radius 3 is 2.60 bits per heavy atom. The third kappa shape index (κ3) is 2.04. The standard InChI is InChI=1S/C12H7F3N4O/c13-12(14,15)6-1-2-8-7(5-6)10(18-11(20)17-8)9-3-4-16-19-9/h1-5H,(H,16,19)(H,17,18,20). The number of H-pyrrole nitrogens is 2. The van der Waals surface area contributed by atoms with Gasteiger partial charge < -0.3 is 4.98 Å². The zero-order chi connectivity index (χ0) is 14.3. The summed E-state index contributed by atoms with van der Waals surface area (Å²) in [6.07, 6.45) is -3.03. The van der Waals surface area contributed by atoms with Crippen LogP contribution in [0, 0.1) is 0 Å². The molecule has 8 heteroatoms. The first kappa shape index (κ1) is 12.4. The molecule has 0 bridgehead atoms. The van der Waals surface area contributed by atoms with Crippen LogP contribution in [0.5, 0.6) is 0 Å². The number of nitrogens with one attached hydrogen (secondary N) is 2. The summed E-state index contributed by atoms with van der Waals surface area (Å²) in [6, 6.07) is 4.60. The Kier molecular flexibility index (Phi) is 2.60. The van der Waals surface area contributed by atoms with Crippen molar-refractivity contribution in [2.45, 2.75) is 6.18 Å². The summed E-state index contributed by atoms with van der Waals surface area (Å²) in [5.41, 5.74) is -0.656. The van der Waals surface area contributed by atoms with E-state index in [1.165, 1.54) is 18.3 Å². The van der Waals surface area contributed by atoms with E-state index in [9.17, 15) is 18.0 Å². The van der Waals surface area contributed by atoms with Crippen LogP contribution in [-0.2, 0) is 6.18 Å². The summed E-state index contributed by atoms with van der Waals surface area (Å²) in [5, 5.41) is 6.49. The van der Waals surface area contributed by atoms with E-state index >= 15 is 0 Å². The van der Waals surface area contributed by atoms with Gasteiger partial charge in [-0.05, 0) is 24.3 Å². The minimum atomic E-state index is -4.46. The van der Waals surface area contributed by atoms with Crippen molar-refractivity contribution in [1.82, 2.24) is 20.2 Å². The van der Waals surface area contributed by atoms with E-state index in [2.05, 4.69) is 20.2 Å². The molecule has 1 aromatic carbocycles. The smallest absolute Gasteiger partial charge is 0.305 e. The fourth-order valence-electron chi connectivity index (χ4n) is 1.92. The van der Waals surface area contributed by atoms with Crippen LogP contribution in [0.15, 0.2) is 35.3 Å². The first-order chi connectivity index (χ1) is 9.45. The van der Waals surface area contributed by atoms with Crippen LogP contribution >= 0.6 is 0 Å². The number of hydrogen-bond donors (Lipinski definition) is 2. The zero-order valence-corrected chi connectivity index (χ0v) is 9.82. The van der Waals surface area contributed by atoms with Crippen LogP contribution in [0.4, 0.5) is 13.2 Å². The third-order valence-corrected chi connectivity index (χ3v) is 2.81. The van der Waals surface area contributed by atoms with E-state index in [0.29, 0.717) is 5.69 Å². The molecular formula is C12H7F3N4O. The maximum atomic E-state index is 12.8. The lowest BCUT2D eigenvalue weighted by molar-refractivity contribution is -0.137. The predicted molar refractivity (Wildman–Crippen MR) is 64.9 cm³/mol. The maximum absolute atomic E-state index is 12.8. The molecule has 5 nitrogen and oxygen atoms in total. The second-order valence-electron chi connectivity index (χ2n) is 4.12. The molecule has 3 aromatic rings. The molecule has 0 aliphatic heterocycles. The van der Waals surface area contributed by atoms with Crippen LogP contribution in [0.25, 0.3) is 22.3 Å². The summed E-state index contributed by atoms with van der Waals surface area (Å²) in [7, 11) is 0. The Morgan fingerprint density at radius 2 is 1.95 bits per heavy atom. The Bertz CT molecular complexity index is 821. The maximum Gasteiger partial charge on any atom is 0.416 e. The number of halogens is 3. The summed E-state index contributed by atoms with van der Waals surface area (Å²) >= 11 is 0. The molecule has 0 saturated carbocycles. The van der Waals surface area contributed by atoms with Crippen molar-refractivity contribution in [2.24, 2.45) is 0 Å². The number of rotatable bonds is 1. The molecule has 2 N–H and O–H groups in total. The zero-order valence-electron chi connectivity index (χ0n) is 9.82. The van der Waals surface area contributed by atoms with Crippen molar-refractivity contribution in [3.8, 4) is 11.4 Å². The number of nitrogens with zero attached hydrogens (tertiary/aromatic N) is 2. The Labute approximate surface area is 109 Å². The van der Waals surface area contributed by atoms with Crippen molar-refractivity contribution < 1.29 is 13.2 Å². The largest absolute Gasteiger partial charge is 0.416 e. The lowest BCUT2D eigenvalue weighted by atomic mass is 10.1. The van der Waals surface area contributed by atoms with Crippen LogP contribution in [0.3, 0.4) is 0 Å². The lowest BCUT2D eigenvalue weighted by Crippen LogP contribution is -2.12. The van der Waals surface area contributed by atoms with E-state index in [1.54, 1.807) is 0 Å². The normalized spacial score (nSPS) is 11.9. The third-order valence-electron chi connectivity index (χ3n) is 2.81. The van der Waals surface area contributed by atoms with Gasteiger partial charge in [0.1, 0.15) is 5.69 Å². The predicted octanol–water partition coefficient (Wildman–Crippen LogP) is 2.33. The number of alkyl halides is 3. The summed E-state index contributed by atoms with van der Waals surface area (Å²) in [5.74, 6) is 0. The van der Waals surface area contributed by atoms with E-state index in [0.717, 1.165) is 12.1 Å². The van der Waals surface area contributed by atoms with Crippen molar-refractivity contribution in [1.29, 1.82) is 0 Å². The molecule has 3 rings (SSSR count). The molecule has 0 spiro atoms. The van der Waals surface area contributed by atoms with Gasteiger partial charge in [0, 0.05) is 11.6 Å². The summed E-state index contributed by atoms with van der Waals surface area (Å²) in [4.78, 5) is 17.6. The van der Waals surface area contributed by atoms with Crippen LogP contribution < -0.4 is 5.69 Å². The van der Waals surface area contributed by atoms with Crippen molar-refractivity contribution in [3.05, 3.63) is 46.5 Å². The van der Waals surface area contributed by atoms with Gasteiger partial charge in [-0.2, -0.15) is 23.3 Å². The van der Waals surface area contributed by atoms with Crippen LogP contribution in [0.2, 0.25) is 0 Å². The molecule has 0 amide bonds. The fourth-order valence-corrected chi connectivity index (χ4v) is 1.92. The van der Waals surface area contributed by atoms with E-state index < -0.39 is 17.4 Å². The molecule has 0 aliphatic rings. The molecule has 2 heterocycles. The second kappa shape index (κ2) is 4.19. The molecule has 2 aromatic heterocycles. The first-order valence-corrected chi connectivity index (χ1v) is 5.56. The highest BCUT2D eigenvalue weighted by molar-refractivity contribution is 5.91. The Hall–Kier alpha value is -2.64. The molecule has 102 valence electrons. The van der Waals surface area contributed by atoms with Crippen LogP contribution in [-0.4, -0.2) is 20.2 Å². The Morgan fingerprint density at radius 1 is 1.15 bits per heavy atom.